The summed E-state index contributed by atoms with van der Waals surface area (Å²) in [5.41, 5.74) is 0. The fourth-order valence-corrected chi connectivity index (χ4v) is 0.781. The molecule has 1 radical (unpaired) electrons. The van der Waals surface area contributed by atoms with Crippen LogP contribution in [0.5, 0.6) is 5.75 Å². The number of benzene rings is 1. The summed E-state index contributed by atoms with van der Waals surface area (Å²) in [5.74, 6) is -1.26. The topological polar surface area (TPSA) is 9.23 Å². The zero-order valence-corrected chi connectivity index (χ0v) is 6.73. The van der Waals surface area contributed by atoms with Crippen molar-refractivity contribution in [2.24, 2.45) is 0 Å². The zero-order chi connectivity index (χ0) is 8.97. The normalized spacial score (nSPS) is 9.92. The molecule has 0 saturated carbocycles. The van der Waals surface area contributed by atoms with Gasteiger partial charge >= 0.3 is 0 Å². The van der Waals surface area contributed by atoms with Crippen LogP contribution in [-0.2, 0) is 0 Å². The van der Waals surface area contributed by atoms with E-state index in [0.29, 0.717) is 6.61 Å². The van der Waals surface area contributed by atoms with Crippen LogP contribution in [0, 0.1) is 17.7 Å². The highest BCUT2D eigenvalue weighted by atomic mass is 19.1. The van der Waals surface area contributed by atoms with Crippen molar-refractivity contribution in [1.29, 1.82) is 0 Å². The Morgan fingerprint density at radius 1 is 1.33 bits per heavy atom. The summed E-state index contributed by atoms with van der Waals surface area (Å²) < 4.78 is 30.0. The molecule has 0 spiro atoms. The minimum Gasteiger partial charge on any atom is -0.493 e. The lowest BCUT2D eigenvalue weighted by atomic mass is 10.3. The minimum atomic E-state index is -0.735. The Kier molecular flexibility index (Phi) is 3.02. The molecule has 1 aromatic carbocycles. The molecule has 0 aliphatic heterocycles. The van der Waals surface area contributed by atoms with E-state index in [4.69, 9.17) is 4.74 Å². The molecule has 0 atom stereocenters. The average molecular weight is 171 g/mol. The van der Waals surface area contributed by atoms with Gasteiger partial charge in [0.15, 0.2) is 0 Å². The average Bonchev–Trinajstić information content (AvgIpc) is 1.99. The summed E-state index contributed by atoms with van der Waals surface area (Å²) in [5, 5.41) is 0. The number of halogens is 2. The molecule has 65 valence electrons. The van der Waals surface area contributed by atoms with Gasteiger partial charge in [0.25, 0.3) is 0 Å². The van der Waals surface area contributed by atoms with E-state index in [0.717, 1.165) is 18.6 Å². The molecule has 0 saturated heterocycles. The molecule has 0 fully saturated rings. The molecule has 0 bridgehead atoms. The van der Waals surface area contributed by atoms with Gasteiger partial charge in [-0.05, 0) is 6.42 Å². The highest BCUT2D eigenvalue weighted by Crippen LogP contribution is 2.14. The summed E-state index contributed by atoms with van der Waals surface area (Å²) in [6.07, 6.45) is 0.807. The first kappa shape index (κ1) is 8.97. The Labute approximate surface area is 70.0 Å². The van der Waals surface area contributed by atoms with Crippen molar-refractivity contribution in [3.63, 3.8) is 0 Å². The first-order valence-corrected chi connectivity index (χ1v) is 3.73. The van der Waals surface area contributed by atoms with Crippen molar-refractivity contribution in [1.82, 2.24) is 0 Å². The minimum absolute atomic E-state index is 0.214. The molecule has 1 nitrogen and oxygen atoms in total. The largest absolute Gasteiger partial charge is 0.493 e. The molecule has 3 heteroatoms. The molecule has 0 heterocycles. The smallest absolute Gasteiger partial charge is 0.137 e. The van der Waals surface area contributed by atoms with Crippen LogP contribution in [0.3, 0.4) is 0 Å². The highest BCUT2D eigenvalue weighted by molar-refractivity contribution is 5.22. The van der Waals surface area contributed by atoms with E-state index in [9.17, 15) is 8.78 Å². The maximum absolute atomic E-state index is 12.5. The van der Waals surface area contributed by atoms with Gasteiger partial charge in [-0.15, -0.1) is 0 Å². The lowest BCUT2D eigenvalue weighted by Crippen LogP contribution is -1.96. The molecule has 0 N–H and O–H groups in total. The van der Waals surface area contributed by atoms with Gasteiger partial charge in [0, 0.05) is 12.1 Å². The summed E-state index contributed by atoms with van der Waals surface area (Å²) in [4.78, 5) is 0. The maximum Gasteiger partial charge on any atom is 0.137 e. The van der Waals surface area contributed by atoms with Crippen LogP contribution in [0.2, 0.25) is 0 Å². The van der Waals surface area contributed by atoms with Crippen LogP contribution in [0.15, 0.2) is 12.1 Å². The molecule has 0 aliphatic carbocycles. The fraction of sp³-hybridized carbons (Fsp3) is 0.333. The monoisotopic (exact) mass is 171 g/mol. The first-order chi connectivity index (χ1) is 5.72. The third kappa shape index (κ3) is 2.49. The predicted octanol–water partition coefficient (Wildman–Crippen LogP) is 2.55. The Balaban J connectivity index is 2.72. The van der Waals surface area contributed by atoms with Crippen LogP contribution >= 0.6 is 0 Å². The van der Waals surface area contributed by atoms with E-state index in [-0.39, 0.29) is 5.75 Å². The number of hydrogen-bond donors (Lipinski definition) is 0. The summed E-state index contributed by atoms with van der Waals surface area (Å²) in [7, 11) is 0. The van der Waals surface area contributed by atoms with Gasteiger partial charge in [0.1, 0.15) is 17.4 Å². The van der Waals surface area contributed by atoms with E-state index in [1.165, 1.54) is 0 Å². The van der Waals surface area contributed by atoms with E-state index in [1.807, 2.05) is 13.0 Å². The summed E-state index contributed by atoms with van der Waals surface area (Å²) in [6, 6.07) is 4.09. The molecule has 0 amide bonds. The van der Waals surface area contributed by atoms with Crippen molar-refractivity contribution in [3.05, 3.63) is 29.8 Å². The van der Waals surface area contributed by atoms with Gasteiger partial charge in [-0.3, -0.25) is 0 Å². The maximum atomic E-state index is 12.5. The second-order valence-electron chi connectivity index (χ2n) is 2.36. The van der Waals surface area contributed by atoms with Crippen molar-refractivity contribution in [2.75, 3.05) is 6.61 Å². The van der Waals surface area contributed by atoms with Gasteiger partial charge in [0.05, 0.1) is 12.7 Å². The molecule has 0 aromatic heterocycles. The summed E-state index contributed by atoms with van der Waals surface area (Å²) in [6.45, 7) is 2.38. The predicted molar refractivity (Wildman–Crippen MR) is 41.0 cm³/mol. The van der Waals surface area contributed by atoms with Gasteiger partial charge in [-0.1, -0.05) is 6.92 Å². The number of hydrogen-bond acceptors (Lipinski definition) is 1. The lowest BCUT2D eigenvalue weighted by Gasteiger charge is -2.03. The van der Waals surface area contributed by atoms with Gasteiger partial charge in [-0.2, -0.15) is 0 Å². The standard InChI is InChI=1S/C9H9F2O/c1-2-3-12-9-5-7(10)4-8(11)6-9/h5-6H,2-3H2,1H3. The van der Waals surface area contributed by atoms with E-state index in [2.05, 4.69) is 0 Å². The molecule has 0 unspecified atom stereocenters. The lowest BCUT2D eigenvalue weighted by molar-refractivity contribution is 0.313. The Morgan fingerprint density at radius 3 is 2.42 bits per heavy atom. The van der Waals surface area contributed by atoms with E-state index in [1.54, 1.807) is 0 Å². The SMILES string of the molecule is CCCOc1cc(F)[c]c(F)c1. The van der Waals surface area contributed by atoms with Crippen molar-refractivity contribution < 1.29 is 13.5 Å². The molecular weight excluding hydrogens is 162 g/mol. The van der Waals surface area contributed by atoms with Crippen molar-refractivity contribution in [2.45, 2.75) is 13.3 Å². The molecule has 1 aromatic rings. The van der Waals surface area contributed by atoms with Gasteiger partial charge in [-0.25, -0.2) is 8.78 Å². The van der Waals surface area contributed by atoms with Crippen molar-refractivity contribution >= 4 is 0 Å². The van der Waals surface area contributed by atoms with Crippen LogP contribution in [0.4, 0.5) is 8.78 Å². The van der Waals surface area contributed by atoms with Gasteiger partial charge < -0.3 is 4.74 Å². The highest BCUT2D eigenvalue weighted by Gasteiger charge is 2.00. The van der Waals surface area contributed by atoms with Crippen molar-refractivity contribution in [3.8, 4) is 5.75 Å². The van der Waals surface area contributed by atoms with Crippen LogP contribution < -0.4 is 4.74 Å². The zero-order valence-electron chi connectivity index (χ0n) is 6.73. The Bertz CT molecular complexity index is 240. The molecule has 1 rings (SSSR count). The van der Waals surface area contributed by atoms with Crippen LogP contribution in [0.25, 0.3) is 0 Å². The second-order valence-corrected chi connectivity index (χ2v) is 2.36. The summed E-state index contributed by atoms with van der Waals surface area (Å²) >= 11 is 0. The third-order valence-electron chi connectivity index (χ3n) is 1.25. The number of rotatable bonds is 3. The van der Waals surface area contributed by atoms with Crippen LogP contribution in [0.1, 0.15) is 13.3 Å². The Morgan fingerprint density at radius 2 is 1.92 bits per heavy atom. The third-order valence-corrected chi connectivity index (χ3v) is 1.25. The fourth-order valence-electron chi connectivity index (χ4n) is 0.781. The van der Waals surface area contributed by atoms with E-state index >= 15 is 0 Å². The molecular formula is C9H9F2O. The van der Waals surface area contributed by atoms with E-state index < -0.39 is 11.6 Å². The molecule has 0 aliphatic rings. The molecule has 12 heavy (non-hydrogen) atoms. The quantitative estimate of drug-likeness (QED) is 0.679. The second kappa shape index (κ2) is 4.04. The first-order valence-electron chi connectivity index (χ1n) is 3.73. The number of ether oxygens (including phenoxy) is 1. The Hall–Kier alpha value is -1.12. The van der Waals surface area contributed by atoms with Crippen LogP contribution in [-0.4, -0.2) is 6.61 Å². The van der Waals surface area contributed by atoms with Gasteiger partial charge in [0.2, 0.25) is 0 Å².